The van der Waals surface area contributed by atoms with Crippen LogP contribution >= 0.6 is 11.8 Å². The van der Waals surface area contributed by atoms with Crippen molar-refractivity contribution in [1.29, 1.82) is 0 Å². The molecule has 0 bridgehead atoms. The highest BCUT2D eigenvalue weighted by Crippen LogP contribution is 2.30. The number of thioether (sulfide) groups is 1. The maximum absolute atomic E-state index is 12.4. The molecular weight excluding hydrogens is 288 g/mol. The van der Waals surface area contributed by atoms with Gasteiger partial charge in [0.25, 0.3) is 0 Å². The van der Waals surface area contributed by atoms with Gasteiger partial charge in [-0.1, -0.05) is 13.8 Å². The summed E-state index contributed by atoms with van der Waals surface area (Å²) >= 11 is 1.95. The third-order valence-electron chi connectivity index (χ3n) is 4.53. The maximum Gasteiger partial charge on any atom is 0.326 e. The lowest BCUT2D eigenvalue weighted by molar-refractivity contribution is -0.143. The standard InChI is InChI=1S/C15H26N2O3S/c1-3-21-12-5-4-11(9-12)16-15(20)17-7-6-10(2)8-13(17)14(18)19/h10-13H,3-9H2,1-2H3,(H,16,20)(H,18,19). The summed E-state index contributed by atoms with van der Waals surface area (Å²) < 4.78 is 0. The molecule has 2 rings (SSSR count). The van der Waals surface area contributed by atoms with Gasteiger partial charge in [-0.3, -0.25) is 0 Å². The van der Waals surface area contributed by atoms with Crippen LogP contribution in [0.3, 0.4) is 0 Å². The molecule has 0 aromatic carbocycles. The second kappa shape index (κ2) is 7.38. The van der Waals surface area contributed by atoms with Gasteiger partial charge in [0.15, 0.2) is 0 Å². The minimum atomic E-state index is -0.887. The van der Waals surface area contributed by atoms with Crippen LogP contribution < -0.4 is 5.32 Å². The van der Waals surface area contributed by atoms with Gasteiger partial charge in [-0.2, -0.15) is 11.8 Å². The lowest BCUT2D eigenvalue weighted by Gasteiger charge is -2.36. The van der Waals surface area contributed by atoms with E-state index in [-0.39, 0.29) is 12.1 Å². The highest BCUT2D eigenvalue weighted by Gasteiger charge is 2.36. The lowest BCUT2D eigenvalue weighted by Crippen LogP contribution is -2.54. The quantitative estimate of drug-likeness (QED) is 0.836. The van der Waals surface area contributed by atoms with Gasteiger partial charge >= 0.3 is 12.0 Å². The van der Waals surface area contributed by atoms with Gasteiger partial charge in [-0.25, -0.2) is 9.59 Å². The summed E-state index contributed by atoms with van der Waals surface area (Å²) in [7, 11) is 0. The lowest BCUT2D eigenvalue weighted by atomic mass is 9.93. The molecule has 5 nitrogen and oxygen atoms in total. The Hall–Kier alpha value is -0.910. The fraction of sp³-hybridized carbons (Fsp3) is 0.867. The number of carboxylic acids is 1. The summed E-state index contributed by atoms with van der Waals surface area (Å²) in [5.41, 5.74) is 0. The first-order valence-electron chi connectivity index (χ1n) is 7.92. The van der Waals surface area contributed by atoms with Crippen molar-refractivity contribution in [3.63, 3.8) is 0 Å². The average Bonchev–Trinajstić information content (AvgIpc) is 2.86. The van der Waals surface area contributed by atoms with E-state index in [9.17, 15) is 14.7 Å². The van der Waals surface area contributed by atoms with E-state index in [1.54, 1.807) is 0 Å². The number of nitrogens with zero attached hydrogens (tertiary/aromatic N) is 1. The first-order valence-corrected chi connectivity index (χ1v) is 8.97. The summed E-state index contributed by atoms with van der Waals surface area (Å²) in [6, 6.07) is -0.659. The highest BCUT2D eigenvalue weighted by molar-refractivity contribution is 7.99. The molecule has 120 valence electrons. The topological polar surface area (TPSA) is 69.6 Å². The Balaban J connectivity index is 1.88. The molecule has 1 saturated heterocycles. The van der Waals surface area contributed by atoms with Gasteiger partial charge in [0, 0.05) is 17.8 Å². The van der Waals surface area contributed by atoms with Crippen LogP contribution in [-0.4, -0.2) is 51.6 Å². The van der Waals surface area contributed by atoms with Crippen LogP contribution in [0.25, 0.3) is 0 Å². The van der Waals surface area contributed by atoms with Crippen molar-refractivity contribution in [1.82, 2.24) is 10.2 Å². The number of carboxylic acid groups (broad SMARTS) is 1. The number of carbonyl (C=O) groups excluding carboxylic acids is 1. The van der Waals surface area contributed by atoms with Crippen molar-refractivity contribution >= 4 is 23.8 Å². The molecule has 2 aliphatic rings. The van der Waals surface area contributed by atoms with Crippen molar-refractivity contribution in [2.75, 3.05) is 12.3 Å². The SMILES string of the molecule is CCSC1CCC(NC(=O)N2CCC(C)CC2C(=O)O)C1. The summed E-state index contributed by atoms with van der Waals surface area (Å²) in [4.78, 5) is 25.3. The molecule has 0 spiro atoms. The Kier molecular flexibility index (Phi) is 5.79. The minimum absolute atomic E-state index is 0.193. The van der Waals surface area contributed by atoms with E-state index in [1.807, 2.05) is 11.8 Å². The molecule has 1 aliphatic heterocycles. The van der Waals surface area contributed by atoms with Crippen LogP contribution in [0.5, 0.6) is 0 Å². The fourth-order valence-electron chi connectivity index (χ4n) is 3.33. The van der Waals surface area contributed by atoms with Gasteiger partial charge in [0.2, 0.25) is 0 Å². The number of hydrogen-bond donors (Lipinski definition) is 2. The van der Waals surface area contributed by atoms with Crippen molar-refractivity contribution in [3.8, 4) is 0 Å². The van der Waals surface area contributed by atoms with Gasteiger partial charge in [0.1, 0.15) is 6.04 Å². The van der Waals surface area contributed by atoms with E-state index in [2.05, 4.69) is 19.2 Å². The van der Waals surface area contributed by atoms with Crippen molar-refractivity contribution < 1.29 is 14.7 Å². The van der Waals surface area contributed by atoms with Crippen LogP contribution in [0.1, 0.15) is 46.0 Å². The van der Waals surface area contributed by atoms with E-state index in [0.29, 0.717) is 24.1 Å². The molecule has 1 heterocycles. The third kappa shape index (κ3) is 4.28. The Morgan fingerprint density at radius 1 is 1.29 bits per heavy atom. The summed E-state index contributed by atoms with van der Waals surface area (Å²) in [6.07, 6.45) is 4.60. The number of amides is 2. The van der Waals surface area contributed by atoms with Gasteiger partial charge in [-0.05, 0) is 43.8 Å². The molecule has 4 unspecified atom stereocenters. The molecular formula is C15H26N2O3S. The number of urea groups is 1. The van der Waals surface area contributed by atoms with Crippen LogP contribution in [0.2, 0.25) is 0 Å². The molecule has 0 aromatic rings. The number of rotatable bonds is 4. The Labute approximate surface area is 130 Å². The van der Waals surface area contributed by atoms with E-state index in [1.165, 1.54) is 4.90 Å². The zero-order chi connectivity index (χ0) is 15.4. The third-order valence-corrected chi connectivity index (χ3v) is 5.76. The molecule has 0 aromatic heterocycles. The summed E-state index contributed by atoms with van der Waals surface area (Å²) in [6.45, 7) is 4.75. The summed E-state index contributed by atoms with van der Waals surface area (Å²) in [5.74, 6) is 0.589. The molecule has 2 amide bonds. The number of hydrogen-bond acceptors (Lipinski definition) is 3. The Bertz CT molecular complexity index is 391. The predicted octanol–water partition coefficient (Wildman–Crippen LogP) is 2.56. The van der Waals surface area contributed by atoms with Crippen LogP contribution in [0, 0.1) is 5.92 Å². The molecule has 0 radical (unpaired) electrons. The zero-order valence-corrected chi connectivity index (χ0v) is 13.7. The molecule has 21 heavy (non-hydrogen) atoms. The zero-order valence-electron chi connectivity index (χ0n) is 12.9. The van der Waals surface area contributed by atoms with Crippen molar-refractivity contribution in [2.45, 2.75) is 63.3 Å². The van der Waals surface area contributed by atoms with Gasteiger partial charge in [0.05, 0.1) is 0 Å². The van der Waals surface area contributed by atoms with Crippen LogP contribution in [-0.2, 0) is 4.79 Å². The fourth-order valence-corrected chi connectivity index (χ4v) is 4.48. The normalized spacial score (nSPS) is 33.0. The largest absolute Gasteiger partial charge is 0.480 e. The van der Waals surface area contributed by atoms with E-state index >= 15 is 0 Å². The molecule has 6 heteroatoms. The van der Waals surface area contributed by atoms with Gasteiger partial charge in [-0.15, -0.1) is 0 Å². The average molecular weight is 314 g/mol. The first kappa shape index (κ1) is 16.5. The van der Waals surface area contributed by atoms with Crippen molar-refractivity contribution in [3.05, 3.63) is 0 Å². The minimum Gasteiger partial charge on any atom is -0.480 e. The highest BCUT2D eigenvalue weighted by atomic mass is 32.2. The first-order chi connectivity index (χ1) is 10.0. The second-order valence-corrected chi connectivity index (χ2v) is 7.79. The van der Waals surface area contributed by atoms with Crippen LogP contribution in [0.15, 0.2) is 0 Å². The predicted molar refractivity (Wildman–Crippen MR) is 84.6 cm³/mol. The monoisotopic (exact) mass is 314 g/mol. The molecule has 1 saturated carbocycles. The number of nitrogens with one attached hydrogen (secondary N) is 1. The van der Waals surface area contributed by atoms with Crippen molar-refractivity contribution in [2.24, 2.45) is 5.92 Å². The number of carbonyl (C=O) groups is 2. The molecule has 2 fully saturated rings. The van der Waals surface area contributed by atoms with Crippen LogP contribution in [0.4, 0.5) is 4.79 Å². The van der Waals surface area contributed by atoms with E-state index in [4.69, 9.17) is 0 Å². The number of likely N-dealkylation sites (tertiary alicyclic amines) is 1. The van der Waals surface area contributed by atoms with E-state index in [0.717, 1.165) is 31.4 Å². The Morgan fingerprint density at radius 3 is 2.71 bits per heavy atom. The maximum atomic E-state index is 12.4. The molecule has 4 atom stereocenters. The second-order valence-electron chi connectivity index (χ2n) is 6.21. The Morgan fingerprint density at radius 2 is 2.05 bits per heavy atom. The van der Waals surface area contributed by atoms with Gasteiger partial charge < -0.3 is 15.3 Å². The number of piperidine rings is 1. The molecule has 1 aliphatic carbocycles. The summed E-state index contributed by atoms with van der Waals surface area (Å²) in [5, 5.41) is 13.0. The smallest absolute Gasteiger partial charge is 0.326 e. The molecule has 2 N–H and O–H groups in total. The number of aliphatic carboxylic acids is 1. The van der Waals surface area contributed by atoms with E-state index < -0.39 is 12.0 Å².